The van der Waals surface area contributed by atoms with E-state index in [2.05, 4.69) is 25.9 Å². The molecule has 3 aromatic rings. The molecular formula is C22H25FN6O. The molecule has 2 aromatic heterocycles. The number of aryl methyl sites for hydroxylation is 1. The lowest BCUT2D eigenvalue weighted by atomic mass is 9.95. The molecule has 2 N–H and O–H groups in total. The molecule has 0 bridgehead atoms. The molecule has 0 atom stereocenters. The second kappa shape index (κ2) is 7.85. The number of hydrogen-bond acceptors (Lipinski definition) is 5. The maximum Gasteiger partial charge on any atom is 0.230 e. The third kappa shape index (κ3) is 3.77. The van der Waals surface area contributed by atoms with Crippen LogP contribution in [0, 0.1) is 26.6 Å². The summed E-state index contributed by atoms with van der Waals surface area (Å²) in [5.41, 5.74) is 3.52. The van der Waals surface area contributed by atoms with Gasteiger partial charge in [0, 0.05) is 18.8 Å². The maximum absolute atomic E-state index is 13.1. The highest BCUT2D eigenvalue weighted by atomic mass is 19.1. The number of aromatic nitrogens is 4. The van der Waals surface area contributed by atoms with Crippen molar-refractivity contribution in [3.05, 3.63) is 64.7 Å². The largest absolute Gasteiger partial charge is 0.367 e. The number of carbonyl (C=O) groups is 1. The Hall–Kier alpha value is -3.29. The third-order valence-electron chi connectivity index (χ3n) is 5.82. The van der Waals surface area contributed by atoms with Crippen molar-refractivity contribution < 1.29 is 9.18 Å². The molecule has 1 aromatic carbocycles. The zero-order valence-corrected chi connectivity index (χ0v) is 17.4. The van der Waals surface area contributed by atoms with Crippen LogP contribution in [0.15, 0.2) is 36.4 Å². The SMILES string of the molecule is Cc1nn(-c2ccc(NCCNC(=O)C3(c4ccc(F)cc4)CC3)nn2)c(C)c1C. The molecule has 1 amide bonds. The fourth-order valence-electron chi connectivity index (χ4n) is 3.55. The summed E-state index contributed by atoms with van der Waals surface area (Å²) in [6, 6.07) is 9.90. The van der Waals surface area contributed by atoms with Crippen LogP contribution in [0.1, 0.15) is 35.4 Å². The zero-order valence-electron chi connectivity index (χ0n) is 17.4. The van der Waals surface area contributed by atoms with E-state index in [0.717, 1.165) is 35.4 Å². The van der Waals surface area contributed by atoms with Crippen molar-refractivity contribution in [2.24, 2.45) is 0 Å². The highest BCUT2D eigenvalue weighted by molar-refractivity contribution is 5.91. The van der Waals surface area contributed by atoms with Gasteiger partial charge in [0.05, 0.1) is 11.1 Å². The number of carbonyl (C=O) groups excluding carboxylic acids is 1. The van der Waals surface area contributed by atoms with Gasteiger partial charge in [-0.1, -0.05) is 12.1 Å². The minimum Gasteiger partial charge on any atom is -0.367 e. The monoisotopic (exact) mass is 408 g/mol. The molecule has 8 heteroatoms. The van der Waals surface area contributed by atoms with Crippen LogP contribution in [0.5, 0.6) is 0 Å². The van der Waals surface area contributed by atoms with Gasteiger partial charge in [-0.3, -0.25) is 4.79 Å². The van der Waals surface area contributed by atoms with Gasteiger partial charge in [0.15, 0.2) is 5.82 Å². The van der Waals surface area contributed by atoms with Crippen molar-refractivity contribution in [2.75, 3.05) is 18.4 Å². The fraction of sp³-hybridized carbons (Fsp3) is 0.364. The van der Waals surface area contributed by atoms with Crippen molar-refractivity contribution in [1.82, 2.24) is 25.3 Å². The number of amides is 1. The second-order valence-corrected chi connectivity index (χ2v) is 7.76. The van der Waals surface area contributed by atoms with E-state index in [1.807, 2.05) is 32.9 Å². The van der Waals surface area contributed by atoms with Crippen LogP contribution >= 0.6 is 0 Å². The average molecular weight is 408 g/mol. The first-order chi connectivity index (χ1) is 14.4. The van der Waals surface area contributed by atoms with E-state index in [1.54, 1.807) is 16.8 Å². The van der Waals surface area contributed by atoms with Crippen molar-refractivity contribution >= 4 is 11.7 Å². The van der Waals surface area contributed by atoms with Gasteiger partial charge in [-0.15, -0.1) is 10.2 Å². The molecule has 0 aliphatic heterocycles. The molecule has 1 fully saturated rings. The quantitative estimate of drug-likeness (QED) is 0.587. The minimum absolute atomic E-state index is 0.0164. The summed E-state index contributed by atoms with van der Waals surface area (Å²) in [6.45, 7) is 7.00. The summed E-state index contributed by atoms with van der Waals surface area (Å²) in [6.07, 6.45) is 1.58. The first-order valence-electron chi connectivity index (χ1n) is 10.1. The van der Waals surface area contributed by atoms with E-state index >= 15 is 0 Å². The molecular weight excluding hydrogens is 383 g/mol. The van der Waals surface area contributed by atoms with Crippen molar-refractivity contribution in [2.45, 2.75) is 39.0 Å². The minimum atomic E-state index is -0.507. The Morgan fingerprint density at radius 3 is 2.37 bits per heavy atom. The van der Waals surface area contributed by atoms with E-state index in [4.69, 9.17) is 0 Å². The molecule has 2 heterocycles. The maximum atomic E-state index is 13.1. The topological polar surface area (TPSA) is 84.7 Å². The molecule has 0 radical (unpaired) electrons. The number of nitrogens with one attached hydrogen (secondary N) is 2. The Labute approximate surface area is 174 Å². The zero-order chi connectivity index (χ0) is 21.3. The summed E-state index contributed by atoms with van der Waals surface area (Å²) in [4.78, 5) is 12.6. The molecule has 0 spiro atoms. The third-order valence-corrected chi connectivity index (χ3v) is 5.82. The summed E-state index contributed by atoms with van der Waals surface area (Å²) in [5.74, 6) is 0.986. The highest BCUT2D eigenvalue weighted by Crippen LogP contribution is 2.48. The van der Waals surface area contributed by atoms with Gasteiger partial charge >= 0.3 is 0 Å². The predicted molar refractivity (Wildman–Crippen MR) is 112 cm³/mol. The van der Waals surface area contributed by atoms with E-state index in [1.165, 1.54) is 12.1 Å². The molecule has 4 rings (SSSR count). The second-order valence-electron chi connectivity index (χ2n) is 7.76. The lowest BCUT2D eigenvalue weighted by molar-refractivity contribution is -0.123. The lowest BCUT2D eigenvalue weighted by Crippen LogP contribution is -2.37. The van der Waals surface area contributed by atoms with Gasteiger partial charge in [0.2, 0.25) is 5.91 Å². The van der Waals surface area contributed by atoms with Gasteiger partial charge in [0.25, 0.3) is 0 Å². The Balaban J connectivity index is 1.29. The van der Waals surface area contributed by atoms with Crippen molar-refractivity contribution in [3.63, 3.8) is 0 Å². The van der Waals surface area contributed by atoms with Gasteiger partial charge in [-0.2, -0.15) is 5.10 Å². The van der Waals surface area contributed by atoms with Crippen LogP contribution in [-0.4, -0.2) is 39.0 Å². The molecule has 7 nitrogen and oxygen atoms in total. The number of benzene rings is 1. The Morgan fingerprint density at radius 1 is 1.07 bits per heavy atom. The Morgan fingerprint density at radius 2 is 1.80 bits per heavy atom. The van der Waals surface area contributed by atoms with Crippen LogP contribution in [0.2, 0.25) is 0 Å². The standard InChI is InChI=1S/C22H25FN6O/c1-14-15(2)28-29(16(14)3)20-9-8-19(26-27-20)24-12-13-25-21(30)22(10-11-22)17-4-6-18(23)7-5-17/h4-9H,10-13H2,1-3H3,(H,24,26)(H,25,30). The summed E-state index contributed by atoms with van der Waals surface area (Å²) in [5, 5.41) is 19.1. The van der Waals surface area contributed by atoms with Crippen LogP contribution in [0.4, 0.5) is 10.2 Å². The van der Waals surface area contributed by atoms with Crippen LogP contribution in [-0.2, 0) is 10.2 Å². The first kappa shape index (κ1) is 20.0. The summed E-state index contributed by atoms with van der Waals surface area (Å²) >= 11 is 0. The van der Waals surface area contributed by atoms with E-state index in [0.29, 0.717) is 24.7 Å². The van der Waals surface area contributed by atoms with Crippen LogP contribution in [0.3, 0.4) is 0 Å². The van der Waals surface area contributed by atoms with Gasteiger partial charge in [-0.25, -0.2) is 9.07 Å². The Kier molecular flexibility index (Phi) is 5.24. The number of halogens is 1. The lowest BCUT2D eigenvalue weighted by Gasteiger charge is -2.16. The molecule has 0 saturated heterocycles. The molecule has 156 valence electrons. The van der Waals surface area contributed by atoms with Crippen molar-refractivity contribution in [1.29, 1.82) is 0 Å². The molecule has 0 unspecified atom stereocenters. The average Bonchev–Trinajstić information content (AvgIpc) is 3.52. The van der Waals surface area contributed by atoms with Gasteiger partial charge in [0.1, 0.15) is 11.6 Å². The Bertz CT molecular complexity index is 1050. The first-order valence-corrected chi connectivity index (χ1v) is 10.1. The smallest absolute Gasteiger partial charge is 0.230 e. The number of anilines is 1. The van der Waals surface area contributed by atoms with Crippen molar-refractivity contribution in [3.8, 4) is 5.82 Å². The summed E-state index contributed by atoms with van der Waals surface area (Å²) < 4.78 is 14.9. The van der Waals surface area contributed by atoms with Crippen LogP contribution < -0.4 is 10.6 Å². The number of hydrogen-bond donors (Lipinski definition) is 2. The fourth-order valence-corrected chi connectivity index (χ4v) is 3.55. The van der Waals surface area contributed by atoms with Gasteiger partial charge < -0.3 is 10.6 Å². The normalized spacial score (nSPS) is 14.4. The molecule has 1 aliphatic rings. The summed E-state index contributed by atoms with van der Waals surface area (Å²) in [7, 11) is 0. The van der Waals surface area contributed by atoms with E-state index in [-0.39, 0.29) is 11.7 Å². The molecule has 1 saturated carbocycles. The van der Waals surface area contributed by atoms with E-state index < -0.39 is 5.41 Å². The predicted octanol–water partition coefficient (Wildman–Crippen LogP) is 2.99. The molecule has 30 heavy (non-hydrogen) atoms. The number of nitrogens with zero attached hydrogens (tertiary/aromatic N) is 4. The highest BCUT2D eigenvalue weighted by Gasteiger charge is 2.50. The van der Waals surface area contributed by atoms with E-state index in [9.17, 15) is 9.18 Å². The number of rotatable bonds is 7. The van der Waals surface area contributed by atoms with Crippen LogP contribution in [0.25, 0.3) is 5.82 Å². The molecule has 1 aliphatic carbocycles. The van der Waals surface area contributed by atoms with Gasteiger partial charge in [-0.05, 0) is 69.0 Å².